The number of guanidine groups is 1. The zero-order valence-electron chi connectivity index (χ0n) is 14.7. The number of aliphatic imine (C=N–C) groups is 1. The van der Waals surface area contributed by atoms with E-state index < -0.39 is 0 Å². The highest BCUT2D eigenvalue weighted by molar-refractivity contribution is 7.98. The summed E-state index contributed by atoms with van der Waals surface area (Å²) >= 11 is 1.66. The summed E-state index contributed by atoms with van der Waals surface area (Å²) in [4.78, 5) is 16.0. The molecule has 0 spiro atoms. The van der Waals surface area contributed by atoms with Crippen LogP contribution in [-0.4, -0.2) is 43.8 Å². The van der Waals surface area contributed by atoms with Crippen LogP contribution in [0.2, 0.25) is 0 Å². The molecule has 0 aliphatic heterocycles. The monoisotopic (exact) mass is 366 g/mol. The van der Waals surface area contributed by atoms with Crippen molar-refractivity contribution in [3.05, 3.63) is 35.6 Å². The van der Waals surface area contributed by atoms with Crippen LogP contribution < -0.4 is 16.0 Å². The van der Waals surface area contributed by atoms with Gasteiger partial charge in [0.25, 0.3) is 0 Å². The van der Waals surface area contributed by atoms with Crippen molar-refractivity contribution < 1.29 is 9.18 Å². The van der Waals surface area contributed by atoms with E-state index in [2.05, 4.69) is 20.9 Å². The van der Waals surface area contributed by atoms with Gasteiger partial charge in [0.15, 0.2) is 5.96 Å². The third-order valence-corrected chi connectivity index (χ3v) is 4.72. The fourth-order valence-electron chi connectivity index (χ4n) is 2.22. The lowest BCUT2D eigenvalue weighted by Crippen LogP contribution is -2.41. The Bertz CT molecular complexity index is 578. The predicted octanol–water partition coefficient (Wildman–Crippen LogP) is 2.14. The average Bonchev–Trinajstić information content (AvgIpc) is 3.44. The molecular formula is C18H27FN4OS. The summed E-state index contributed by atoms with van der Waals surface area (Å²) in [6, 6.07) is 6.86. The minimum Gasteiger partial charge on any atom is -0.357 e. The molecule has 2 rings (SSSR count). The number of carbonyl (C=O) groups is 1. The van der Waals surface area contributed by atoms with Crippen molar-refractivity contribution in [2.45, 2.75) is 25.5 Å². The number of nitrogens with one attached hydrogen (secondary N) is 3. The molecule has 1 fully saturated rings. The average molecular weight is 367 g/mol. The highest BCUT2D eigenvalue weighted by Gasteiger charge is 2.28. The first kappa shape index (κ1) is 19.6. The molecule has 0 saturated heterocycles. The fourth-order valence-corrected chi connectivity index (χ4v) is 3.04. The van der Waals surface area contributed by atoms with Gasteiger partial charge in [0.05, 0.1) is 6.54 Å². The second kappa shape index (κ2) is 11.0. The summed E-state index contributed by atoms with van der Waals surface area (Å²) in [5, 5.41) is 9.31. The number of amides is 1. The van der Waals surface area contributed by atoms with E-state index in [-0.39, 0.29) is 17.6 Å². The molecule has 0 heterocycles. The Balaban J connectivity index is 1.61. The van der Waals surface area contributed by atoms with Gasteiger partial charge in [0, 0.05) is 37.1 Å². The third-order valence-electron chi connectivity index (χ3n) is 3.73. The number of halogens is 1. The molecule has 3 N–H and O–H groups in total. The van der Waals surface area contributed by atoms with Crippen molar-refractivity contribution in [1.82, 2.24) is 16.0 Å². The number of nitrogens with zero attached hydrogens (tertiary/aromatic N) is 1. The maximum absolute atomic E-state index is 13.5. The molecule has 1 saturated carbocycles. The molecule has 1 aliphatic carbocycles. The Morgan fingerprint density at radius 2 is 2.00 bits per heavy atom. The highest BCUT2D eigenvalue weighted by atomic mass is 32.2. The summed E-state index contributed by atoms with van der Waals surface area (Å²) in [6.45, 7) is 4.69. The first-order chi connectivity index (χ1) is 12.2. The Hall–Kier alpha value is -1.76. The molecular weight excluding hydrogens is 339 g/mol. The van der Waals surface area contributed by atoms with Crippen LogP contribution in [-0.2, 0) is 10.5 Å². The van der Waals surface area contributed by atoms with E-state index in [1.807, 2.05) is 19.1 Å². The van der Waals surface area contributed by atoms with Gasteiger partial charge in [-0.3, -0.25) is 9.79 Å². The molecule has 0 radical (unpaired) electrons. The number of carbonyl (C=O) groups excluding carboxylic acids is 1. The van der Waals surface area contributed by atoms with Crippen molar-refractivity contribution >= 4 is 23.6 Å². The number of thioether (sulfide) groups is 1. The Morgan fingerprint density at radius 1 is 1.24 bits per heavy atom. The van der Waals surface area contributed by atoms with E-state index >= 15 is 0 Å². The molecule has 0 aromatic heterocycles. The summed E-state index contributed by atoms with van der Waals surface area (Å²) < 4.78 is 13.5. The molecule has 1 aromatic rings. The zero-order chi connectivity index (χ0) is 17.9. The van der Waals surface area contributed by atoms with E-state index in [4.69, 9.17) is 0 Å². The van der Waals surface area contributed by atoms with Gasteiger partial charge in [0.1, 0.15) is 5.82 Å². The number of rotatable bonds is 10. The third kappa shape index (κ3) is 7.77. The van der Waals surface area contributed by atoms with Crippen LogP contribution in [0.15, 0.2) is 29.3 Å². The van der Waals surface area contributed by atoms with E-state index in [1.165, 1.54) is 6.07 Å². The molecule has 0 atom stereocenters. The van der Waals surface area contributed by atoms with Gasteiger partial charge in [-0.15, -0.1) is 0 Å². The molecule has 1 aromatic carbocycles. The molecule has 1 aliphatic rings. The van der Waals surface area contributed by atoms with E-state index in [9.17, 15) is 9.18 Å². The van der Waals surface area contributed by atoms with E-state index in [0.717, 1.165) is 36.7 Å². The lowest BCUT2D eigenvalue weighted by molar-refractivity contribution is -0.122. The second-order valence-corrected chi connectivity index (χ2v) is 7.00. The maximum atomic E-state index is 13.5. The zero-order valence-corrected chi connectivity index (χ0v) is 15.5. The largest absolute Gasteiger partial charge is 0.357 e. The van der Waals surface area contributed by atoms with Crippen LogP contribution >= 0.6 is 11.8 Å². The molecule has 0 bridgehead atoms. The molecule has 138 valence electrons. The summed E-state index contributed by atoms with van der Waals surface area (Å²) in [5.74, 6) is 2.47. The van der Waals surface area contributed by atoms with Gasteiger partial charge in [-0.05, 0) is 31.4 Å². The smallest absolute Gasteiger partial charge is 0.223 e. The van der Waals surface area contributed by atoms with Crippen molar-refractivity contribution in [3.63, 3.8) is 0 Å². The van der Waals surface area contributed by atoms with Gasteiger partial charge in [0.2, 0.25) is 5.91 Å². The van der Waals surface area contributed by atoms with Gasteiger partial charge in [-0.1, -0.05) is 18.2 Å². The molecule has 1 amide bonds. The minimum absolute atomic E-state index is 0.151. The number of hydrogen-bond donors (Lipinski definition) is 3. The highest BCUT2D eigenvalue weighted by Crippen LogP contribution is 2.28. The van der Waals surface area contributed by atoms with Crippen LogP contribution in [0.5, 0.6) is 0 Å². The predicted molar refractivity (Wildman–Crippen MR) is 102 cm³/mol. The second-order valence-electron chi connectivity index (χ2n) is 5.90. The maximum Gasteiger partial charge on any atom is 0.223 e. The summed E-state index contributed by atoms with van der Waals surface area (Å²) in [6.07, 6.45) is 2.04. The summed E-state index contributed by atoms with van der Waals surface area (Å²) in [5.41, 5.74) is 0.730. The standard InChI is InChI=1S/C18H27FN4OS/c1-2-20-18(22-10-9-21-17(24)14-7-8-14)23-11-12-25-13-15-5-3-4-6-16(15)19/h3-6,14H,2,7-13H2,1H3,(H,21,24)(H2,20,22,23). The van der Waals surface area contributed by atoms with Crippen LogP contribution in [0, 0.1) is 11.7 Å². The van der Waals surface area contributed by atoms with Crippen LogP contribution in [0.4, 0.5) is 4.39 Å². The topological polar surface area (TPSA) is 65.5 Å². The number of benzene rings is 1. The van der Waals surface area contributed by atoms with Gasteiger partial charge >= 0.3 is 0 Å². The van der Waals surface area contributed by atoms with Gasteiger partial charge < -0.3 is 16.0 Å². The lowest BCUT2D eigenvalue weighted by Gasteiger charge is -2.11. The minimum atomic E-state index is -0.151. The SMILES string of the molecule is CCNC(=NCCSCc1ccccc1F)NCCNC(=O)C1CC1. The Labute approximate surface area is 153 Å². The fraction of sp³-hybridized carbons (Fsp3) is 0.556. The first-order valence-electron chi connectivity index (χ1n) is 8.81. The molecule has 7 heteroatoms. The van der Waals surface area contributed by atoms with Crippen LogP contribution in [0.3, 0.4) is 0 Å². The Kier molecular flexibility index (Phi) is 8.59. The van der Waals surface area contributed by atoms with Gasteiger partial charge in [-0.25, -0.2) is 4.39 Å². The normalized spacial score (nSPS) is 14.2. The van der Waals surface area contributed by atoms with Crippen LogP contribution in [0.1, 0.15) is 25.3 Å². The lowest BCUT2D eigenvalue weighted by atomic mass is 10.2. The Morgan fingerprint density at radius 3 is 2.72 bits per heavy atom. The quantitative estimate of drug-likeness (QED) is 0.337. The number of hydrogen-bond acceptors (Lipinski definition) is 3. The van der Waals surface area contributed by atoms with Crippen molar-refractivity contribution in [1.29, 1.82) is 0 Å². The van der Waals surface area contributed by atoms with E-state index in [0.29, 0.717) is 25.4 Å². The van der Waals surface area contributed by atoms with Crippen LogP contribution in [0.25, 0.3) is 0 Å². The van der Waals surface area contributed by atoms with Crippen molar-refractivity contribution in [2.24, 2.45) is 10.9 Å². The summed E-state index contributed by atoms with van der Waals surface area (Å²) in [7, 11) is 0. The molecule has 5 nitrogen and oxygen atoms in total. The van der Waals surface area contributed by atoms with Crippen molar-refractivity contribution in [3.8, 4) is 0 Å². The molecule has 0 unspecified atom stereocenters. The first-order valence-corrected chi connectivity index (χ1v) is 9.97. The van der Waals surface area contributed by atoms with E-state index in [1.54, 1.807) is 17.8 Å². The molecule has 25 heavy (non-hydrogen) atoms. The van der Waals surface area contributed by atoms with Crippen molar-refractivity contribution in [2.75, 3.05) is 31.9 Å². The van der Waals surface area contributed by atoms with Gasteiger partial charge in [-0.2, -0.15) is 11.8 Å².